The molecule has 0 radical (unpaired) electrons. The van der Waals surface area contributed by atoms with Crippen LogP contribution < -0.4 is 0 Å². The molecular weight excluding hydrogens is 249 g/mol. The van der Waals surface area contributed by atoms with Crippen LogP contribution in [-0.4, -0.2) is 13.1 Å². The van der Waals surface area contributed by atoms with Gasteiger partial charge >= 0.3 is 5.97 Å². The van der Waals surface area contributed by atoms with Crippen LogP contribution in [0.1, 0.15) is 5.56 Å². The van der Waals surface area contributed by atoms with Gasteiger partial charge in [0, 0.05) is 10.0 Å². The minimum atomic E-state index is -0.694. The van der Waals surface area contributed by atoms with Crippen LogP contribution >= 0.6 is 23.2 Å². The van der Waals surface area contributed by atoms with Gasteiger partial charge in [0.05, 0.1) is 13.7 Å². The lowest BCUT2D eigenvalue weighted by atomic mass is 10.2. The van der Waals surface area contributed by atoms with Crippen LogP contribution in [0.15, 0.2) is 23.9 Å². The highest BCUT2D eigenvalue weighted by molar-refractivity contribution is 6.35. The summed E-state index contributed by atoms with van der Waals surface area (Å²) < 4.78 is 4.45. The van der Waals surface area contributed by atoms with E-state index in [-0.39, 0.29) is 5.70 Å². The van der Waals surface area contributed by atoms with E-state index in [0.717, 1.165) is 0 Å². The van der Waals surface area contributed by atoms with Crippen molar-refractivity contribution in [1.29, 1.82) is 0 Å². The molecule has 0 amide bonds. The van der Waals surface area contributed by atoms with Crippen molar-refractivity contribution in [2.45, 2.75) is 0 Å². The highest BCUT2D eigenvalue weighted by Gasteiger charge is 2.10. The Labute approximate surface area is 103 Å². The summed E-state index contributed by atoms with van der Waals surface area (Å²) in [6.45, 7) is 6.84. The number of halogens is 2. The number of carbonyl (C=O) groups excluding carboxylic acids is 1. The molecule has 0 bridgehead atoms. The van der Waals surface area contributed by atoms with Crippen LogP contribution in [0.4, 0.5) is 0 Å². The quantitative estimate of drug-likeness (QED) is 0.461. The fourth-order valence-electron chi connectivity index (χ4n) is 1.01. The Kier molecular flexibility index (Phi) is 4.36. The topological polar surface area (TPSA) is 30.7 Å². The van der Waals surface area contributed by atoms with E-state index in [1.165, 1.54) is 19.3 Å². The monoisotopic (exact) mass is 255 g/mol. The second kappa shape index (κ2) is 5.55. The van der Waals surface area contributed by atoms with Gasteiger partial charge in [-0.1, -0.05) is 29.3 Å². The summed E-state index contributed by atoms with van der Waals surface area (Å²) in [5, 5.41) is 0.863. The molecule has 5 heteroatoms. The average Bonchev–Trinajstić information content (AvgIpc) is 2.27. The second-order valence-corrected chi connectivity index (χ2v) is 3.64. The SMILES string of the molecule is [C-]#[N+]/C(=C\c1ccc(Cl)cc1Cl)C(=O)OC. The van der Waals surface area contributed by atoms with Gasteiger partial charge in [-0.2, -0.15) is 0 Å². The molecule has 82 valence electrons. The summed E-state index contributed by atoms with van der Waals surface area (Å²) in [5.41, 5.74) is 0.411. The zero-order valence-corrected chi connectivity index (χ0v) is 9.84. The van der Waals surface area contributed by atoms with Gasteiger partial charge in [0.1, 0.15) is 0 Å². The Morgan fingerprint density at radius 2 is 2.19 bits per heavy atom. The fraction of sp³-hybridized carbons (Fsp3) is 0.0909. The predicted octanol–water partition coefficient (Wildman–Crippen LogP) is 3.43. The Hall–Kier alpha value is -1.50. The lowest BCUT2D eigenvalue weighted by Gasteiger charge is -2.00. The Balaban J connectivity index is 3.15. The summed E-state index contributed by atoms with van der Waals surface area (Å²) in [7, 11) is 1.21. The van der Waals surface area contributed by atoms with Crippen molar-refractivity contribution < 1.29 is 9.53 Å². The van der Waals surface area contributed by atoms with Crippen LogP contribution in [0.3, 0.4) is 0 Å². The first-order valence-corrected chi connectivity index (χ1v) is 4.96. The molecule has 0 heterocycles. The normalized spacial score (nSPS) is 10.8. The van der Waals surface area contributed by atoms with E-state index in [0.29, 0.717) is 15.6 Å². The van der Waals surface area contributed by atoms with Gasteiger partial charge in [0.25, 0.3) is 5.70 Å². The zero-order valence-electron chi connectivity index (χ0n) is 8.33. The lowest BCUT2D eigenvalue weighted by Crippen LogP contribution is -2.01. The number of methoxy groups -OCH3 is 1. The predicted molar refractivity (Wildman–Crippen MR) is 63.1 cm³/mol. The number of esters is 1. The van der Waals surface area contributed by atoms with Crippen LogP contribution in [0.25, 0.3) is 10.9 Å². The molecule has 0 unspecified atom stereocenters. The molecular formula is C11H7Cl2NO2. The molecule has 3 nitrogen and oxygen atoms in total. The third-order valence-electron chi connectivity index (χ3n) is 1.77. The van der Waals surface area contributed by atoms with E-state index in [2.05, 4.69) is 9.58 Å². The van der Waals surface area contributed by atoms with Gasteiger partial charge < -0.3 is 4.74 Å². The van der Waals surface area contributed by atoms with Crippen molar-refractivity contribution in [1.82, 2.24) is 0 Å². The number of nitrogens with zero attached hydrogens (tertiary/aromatic N) is 1. The summed E-state index contributed by atoms with van der Waals surface area (Å²) >= 11 is 11.6. The average molecular weight is 256 g/mol. The minimum absolute atomic E-state index is 0.133. The largest absolute Gasteiger partial charge is 0.474 e. The number of rotatable bonds is 2. The minimum Gasteiger partial charge on any atom is -0.474 e. The first-order chi connectivity index (χ1) is 7.58. The Morgan fingerprint density at radius 3 is 2.69 bits per heavy atom. The van der Waals surface area contributed by atoms with Gasteiger partial charge in [-0.25, -0.2) is 4.85 Å². The fourth-order valence-corrected chi connectivity index (χ4v) is 1.47. The third kappa shape index (κ3) is 2.99. The maximum Gasteiger partial charge on any atom is 0.336 e. The first kappa shape index (κ1) is 12.6. The van der Waals surface area contributed by atoms with Crippen molar-refractivity contribution in [3.05, 3.63) is 50.9 Å². The number of benzene rings is 1. The van der Waals surface area contributed by atoms with E-state index in [1.807, 2.05) is 0 Å². The molecule has 0 spiro atoms. The smallest absolute Gasteiger partial charge is 0.336 e. The number of hydrogen-bond acceptors (Lipinski definition) is 2. The van der Waals surface area contributed by atoms with Gasteiger partial charge in [-0.3, -0.25) is 4.79 Å². The molecule has 16 heavy (non-hydrogen) atoms. The first-order valence-electron chi connectivity index (χ1n) is 4.21. The van der Waals surface area contributed by atoms with Crippen molar-refractivity contribution >= 4 is 35.2 Å². The summed E-state index contributed by atoms with van der Waals surface area (Å²) in [6.07, 6.45) is 1.36. The van der Waals surface area contributed by atoms with E-state index in [9.17, 15) is 4.79 Å². The van der Waals surface area contributed by atoms with Crippen molar-refractivity contribution in [3.8, 4) is 0 Å². The molecule has 1 aromatic rings. The van der Waals surface area contributed by atoms with Gasteiger partial charge in [-0.15, -0.1) is 0 Å². The van der Waals surface area contributed by atoms with Crippen LogP contribution in [-0.2, 0) is 9.53 Å². The van der Waals surface area contributed by atoms with Crippen LogP contribution in [0.5, 0.6) is 0 Å². The van der Waals surface area contributed by atoms with E-state index >= 15 is 0 Å². The molecule has 0 atom stereocenters. The molecule has 0 aromatic heterocycles. The number of ether oxygens (including phenoxy) is 1. The Morgan fingerprint density at radius 1 is 1.50 bits per heavy atom. The maximum atomic E-state index is 11.2. The molecule has 0 aliphatic carbocycles. The summed E-state index contributed by atoms with van der Waals surface area (Å²) in [5.74, 6) is -0.694. The highest BCUT2D eigenvalue weighted by Crippen LogP contribution is 2.23. The Bertz CT molecular complexity index is 489. The third-order valence-corrected chi connectivity index (χ3v) is 2.33. The highest BCUT2D eigenvalue weighted by atomic mass is 35.5. The van der Waals surface area contributed by atoms with Crippen LogP contribution in [0.2, 0.25) is 10.0 Å². The second-order valence-electron chi connectivity index (χ2n) is 2.80. The van der Waals surface area contributed by atoms with Gasteiger partial charge in [0.15, 0.2) is 0 Å². The molecule has 1 aromatic carbocycles. The lowest BCUT2D eigenvalue weighted by molar-refractivity contribution is -0.135. The molecule has 0 saturated heterocycles. The molecule has 0 aliphatic heterocycles. The molecule has 1 rings (SSSR count). The number of carbonyl (C=O) groups is 1. The maximum absolute atomic E-state index is 11.2. The van der Waals surface area contributed by atoms with Crippen molar-refractivity contribution in [2.24, 2.45) is 0 Å². The summed E-state index contributed by atoms with van der Waals surface area (Å²) in [4.78, 5) is 14.2. The molecule has 0 fully saturated rings. The van der Waals surface area contributed by atoms with Crippen LogP contribution in [0, 0.1) is 6.57 Å². The number of hydrogen-bond donors (Lipinski definition) is 0. The standard InChI is InChI=1S/C11H7Cl2NO2/c1-14-10(11(15)16-2)5-7-3-4-8(12)6-9(7)13/h3-6H,2H3/b10-5-. The molecule has 0 N–H and O–H groups in total. The molecule has 0 aliphatic rings. The van der Waals surface area contributed by atoms with E-state index < -0.39 is 5.97 Å². The van der Waals surface area contributed by atoms with E-state index in [4.69, 9.17) is 29.8 Å². The van der Waals surface area contributed by atoms with Crippen molar-refractivity contribution in [3.63, 3.8) is 0 Å². The zero-order chi connectivity index (χ0) is 12.1. The van der Waals surface area contributed by atoms with E-state index in [1.54, 1.807) is 12.1 Å². The summed E-state index contributed by atoms with van der Waals surface area (Å²) in [6, 6.07) is 4.78. The van der Waals surface area contributed by atoms with Crippen molar-refractivity contribution in [2.75, 3.05) is 7.11 Å². The van der Waals surface area contributed by atoms with Gasteiger partial charge in [0.2, 0.25) is 0 Å². The van der Waals surface area contributed by atoms with Gasteiger partial charge in [-0.05, 0) is 23.8 Å². The molecule has 0 saturated carbocycles.